The first-order chi connectivity index (χ1) is 12.7. The van der Waals surface area contributed by atoms with Crippen molar-refractivity contribution < 1.29 is 5.11 Å². The van der Waals surface area contributed by atoms with Crippen LogP contribution in [0.4, 0.5) is 0 Å². The molecule has 3 nitrogen and oxygen atoms in total. The molecule has 3 heteroatoms. The highest BCUT2D eigenvalue weighted by atomic mass is 16.3. The smallest absolute Gasteiger partial charge is 0.0932 e. The van der Waals surface area contributed by atoms with Gasteiger partial charge in [0, 0.05) is 36.4 Å². The summed E-state index contributed by atoms with van der Waals surface area (Å²) >= 11 is 0. The molecule has 2 unspecified atom stereocenters. The highest BCUT2D eigenvalue weighted by Crippen LogP contribution is 2.47. The van der Waals surface area contributed by atoms with Gasteiger partial charge in [0.1, 0.15) is 0 Å². The average molecular weight is 344 g/mol. The van der Waals surface area contributed by atoms with Gasteiger partial charge >= 0.3 is 0 Å². The van der Waals surface area contributed by atoms with Gasteiger partial charge < -0.3 is 5.11 Å². The molecule has 3 heterocycles. The number of pyridine rings is 1. The van der Waals surface area contributed by atoms with Crippen molar-refractivity contribution in [3.63, 3.8) is 0 Å². The molecule has 2 bridgehead atoms. The van der Waals surface area contributed by atoms with Crippen LogP contribution in [0.25, 0.3) is 10.8 Å². The van der Waals surface area contributed by atoms with Gasteiger partial charge in [0.25, 0.3) is 0 Å². The fourth-order valence-corrected chi connectivity index (χ4v) is 5.12. The highest BCUT2D eigenvalue weighted by molar-refractivity contribution is 5.85. The lowest BCUT2D eigenvalue weighted by molar-refractivity contribution is -0.0585. The molecule has 1 aromatic heterocycles. The normalized spacial score (nSPS) is 28.5. The van der Waals surface area contributed by atoms with Gasteiger partial charge in [-0.2, -0.15) is 0 Å². The Morgan fingerprint density at radius 3 is 2.50 bits per heavy atom. The summed E-state index contributed by atoms with van der Waals surface area (Å²) < 4.78 is 0. The van der Waals surface area contributed by atoms with E-state index < -0.39 is 5.60 Å². The average Bonchev–Trinajstić information content (AvgIpc) is 2.92. The summed E-state index contributed by atoms with van der Waals surface area (Å²) in [5, 5.41) is 13.9. The van der Waals surface area contributed by atoms with E-state index in [-0.39, 0.29) is 0 Å². The number of hydrogen-bond acceptors (Lipinski definition) is 3. The molecule has 0 amide bonds. The monoisotopic (exact) mass is 344 g/mol. The summed E-state index contributed by atoms with van der Waals surface area (Å²) in [7, 11) is 0. The molecule has 26 heavy (non-hydrogen) atoms. The maximum Gasteiger partial charge on any atom is 0.0932 e. The summed E-state index contributed by atoms with van der Waals surface area (Å²) in [6.07, 6.45) is 7.73. The van der Waals surface area contributed by atoms with Crippen molar-refractivity contribution in [1.29, 1.82) is 0 Å². The molecule has 2 aromatic carbocycles. The van der Waals surface area contributed by atoms with Gasteiger partial charge in [-0.1, -0.05) is 48.5 Å². The lowest BCUT2D eigenvalue weighted by atomic mass is 9.78. The number of rotatable bonds is 3. The van der Waals surface area contributed by atoms with Crippen LogP contribution < -0.4 is 0 Å². The minimum atomic E-state index is -0.736. The summed E-state index contributed by atoms with van der Waals surface area (Å²) in [4.78, 5) is 6.85. The van der Waals surface area contributed by atoms with E-state index >= 15 is 0 Å². The maximum absolute atomic E-state index is 11.7. The number of hydrogen-bond donors (Lipinski definition) is 1. The molecule has 1 N–H and O–H groups in total. The Kier molecular flexibility index (Phi) is 3.80. The zero-order chi connectivity index (χ0) is 17.6. The van der Waals surface area contributed by atoms with Crippen molar-refractivity contribution in [3.8, 4) is 0 Å². The van der Waals surface area contributed by atoms with Gasteiger partial charge in [-0.15, -0.1) is 0 Å². The Bertz CT molecular complexity index is 904. The van der Waals surface area contributed by atoms with Crippen LogP contribution in [0.1, 0.15) is 36.8 Å². The van der Waals surface area contributed by atoms with Crippen LogP contribution in [-0.2, 0) is 12.1 Å². The lowest BCUT2D eigenvalue weighted by Crippen LogP contribution is -2.49. The Hall–Kier alpha value is -2.23. The van der Waals surface area contributed by atoms with E-state index in [0.717, 1.165) is 35.7 Å². The van der Waals surface area contributed by atoms with E-state index in [1.165, 1.54) is 18.4 Å². The van der Waals surface area contributed by atoms with E-state index in [1.807, 2.05) is 18.5 Å². The predicted octanol–water partition coefficient (Wildman–Crippen LogP) is 4.25. The third-order valence-corrected chi connectivity index (χ3v) is 6.31. The molecule has 0 saturated carbocycles. The minimum Gasteiger partial charge on any atom is -0.385 e. The Balaban J connectivity index is 1.46. The third kappa shape index (κ3) is 2.63. The second kappa shape index (κ2) is 6.19. The summed E-state index contributed by atoms with van der Waals surface area (Å²) in [5.41, 5.74) is 1.71. The Labute approximate surface area is 154 Å². The van der Waals surface area contributed by atoms with Crippen molar-refractivity contribution in [2.75, 3.05) is 0 Å². The van der Waals surface area contributed by atoms with Crippen molar-refractivity contribution in [1.82, 2.24) is 9.88 Å². The van der Waals surface area contributed by atoms with Crippen molar-refractivity contribution >= 4 is 10.8 Å². The van der Waals surface area contributed by atoms with Crippen molar-refractivity contribution in [3.05, 3.63) is 78.1 Å². The SMILES string of the molecule is OC1(c2cccc3cnccc23)CC2CCC(C1)N2Cc1ccccc1. The van der Waals surface area contributed by atoms with Gasteiger partial charge in [-0.3, -0.25) is 9.88 Å². The minimum absolute atomic E-state index is 0.455. The van der Waals surface area contributed by atoms with Gasteiger partial charge in [0.15, 0.2) is 0 Å². The van der Waals surface area contributed by atoms with E-state index in [0.29, 0.717) is 12.1 Å². The summed E-state index contributed by atoms with van der Waals surface area (Å²) in [6, 6.07) is 19.9. The molecule has 2 aliphatic rings. The van der Waals surface area contributed by atoms with Crippen molar-refractivity contribution in [2.45, 2.75) is 49.9 Å². The Morgan fingerprint density at radius 2 is 1.73 bits per heavy atom. The second-order valence-corrected chi connectivity index (χ2v) is 7.89. The summed E-state index contributed by atoms with van der Waals surface area (Å²) in [5.74, 6) is 0. The first-order valence-electron chi connectivity index (χ1n) is 9.58. The predicted molar refractivity (Wildman–Crippen MR) is 104 cm³/mol. The van der Waals surface area contributed by atoms with E-state index in [2.05, 4.69) is 58.4 Å². The zero-order valence-corrected chi connectivity index (χ0v) is 14.9. The number of aliphatic hydroxyl groups is 1. The lowest BCUT2D eigenvalue weighted by Gasteiger charge is -2.44. The number of piperidine rings is 1. The summed E-state index contributed by atoms with van der Waals surface area (Å²) in [6.45, 7) is 0.992. The largest absolute Gasteiger partial charge is 0.385 e. The highest BCUT2D eigenvalue weighted by Gasteiger charge is 2.48. The van der Waals surface area contributed by atoms with Crippen LogP contribution in [0.2, 0.25) is 0 Å². The first kappa shape index (κ1) is 16.0. The molecule has 3 aromatic rings. The Morgan fingerprint density at radius 1 is 0.962 bits per heavy atom. The fourth-order valence-electron chi connectivity index (χ4n) is 5.12. The van der Waals surface area contributed by atoms with Crippen LogP contribution in [0.5, 0.6) is 0 Å². The molecule has 0 spiro atoms. The van der Waals surface area contributed by atoms with Crippen LogP contribution >= 0.6 is 0 Å². The third-order valence-electron chi connectivity index (χ3n) is 6.31. The van der Waals surface area contributed by atoms with Gasteiger partial charge in [-0.25, -0.2) is 0 Å². The zero-order valence-electron chi connectivity index (χ0n) is 14.9. The molecule has 2 saturated heterocycles. The molecule has 5 rings (SSSR count). The number of nitrogens with zero attached hydrogens (tertiary/aromatic N) is 2. The molecular weight excluding hydrogens is 320 g/mol. The standard InChI is InChI=1S/C23H24N2O/c26-23(22-8-4-7-18-15-24-12-11-21(18)22)13-19-9-10-20(14-23)25(19)16-17-5-2-1-3-6-17/h1-8,11-12,15,19-20,26H,9-10,13-14,16H2. The molecule has 2 atom stereocenters. The fraction of sp³-hybridized carbons (Fsp3) is 0.348. The maximum atomic E-state index is 11.7. The first-order valence-corrected chi connectivity index (χ1v) is 9.58. The topological polar surface area (TPSA) is 36.4 Å². The van der Waals surface area contributed by atoms with Crippen LogP contribution in [0.3, 0.4) is 0 Å². The second-order valence-electron chi connectivity index (χ2n) is 7.89. The number of benzene rings is 2. The quantitative estimate of drug-likeness (QED) is 0.772. The molecule has 2 fully saturated rings. The van der Waals surface area contributed by atoms with Crippen LogP contribution in [-0.4, -0.2) is 27.1 Å². The van der Waals surface area contributed by atoms with E-state index in [9.17, 15) is 5.11 Å². The van der Waals surface area contributed by atoms with Gasteiger partial charge in [0.05, 0.1) is 5.60 Å². The number of aromatic nitrogens is 1. The molecule has 2 aliphatic heterocycles. The van der Waals surface area contributed by atoms with E-state index in [1.54, 1.807) is 0 Å². The van der Waals surface area contributed by atoms with Gasteiger partial charge in [-0.05, 0) is 48.3 Å². The van der Waals surface area contributed by atoms with Crippen LogP contribution in [0, 0.1) is 0 Å². The van der Waals surface area contributed by atoms with Gasteiger partial charge in [0.2, 0.25) is 0 Å². The molecular formula is C23H24N2O. The van der Waals surface area contributed by atoms with Crippen LogP contribution in [0.15, 0.2) is 67.0 Å². The molecule has 132 valence electrons. The van der Waals surface area contributed by atoms with Crippen molar-refractivity contribution in [2.24, 2.45) is 0 Å². The molecule has 0 radical (unpaired) electrons. The molecule has 0 aliphatic carbocycles. The number of fused-ring (bicyclic) bond motifs is 3. The van der Waals surface area contributed by atoms with E-state index in [4.69, 9.17) is 0 Å².